The van der Waals surface area contributed by atoms with Crippen LogP contribution in [0.1, 0.15) is 11.8 Å². The SMILES string of the molecule is COCCn1c(=NC(=O)Cc2cccs2)sc2cc(NC(C)=O)ccc21. The van der Waals surface area contributed by atoms with Gasteiger partial charge in [0.25, 0.3) is 5.91 Å². The van der Waals surface area contributed by atoms with Crippen LogP contribution >= 0.6 is 22.7 Å². The molecule has 0 saturated heterocycles. The van der Waals surface area contributed by atoms with E-state index in [1.165, 1.54) is 18.3 Å². The smallest absolute Gasteiger partial charge is 0.253 e. The third kappa shape index (κ3) is 4.46. The summed E-state index contributed by atoms with van der Waals surface area (Å²) in [4.78, 5) is 29.6. The first-order chi connectivity index (χ1) is 12.6. The average molecular weight is 390 g/mol. The minimum atomic E-state index is -0.174. The van der Waals surface area contributed by atoms with E-state index in [1.54, 1.807) is 18.4 Å². The first-order valence-corrected chi connectivity index (χ1v) is 9.76. The number of carbonyl (C=O) groups excluding carboxylic acids is 2. The van der Waals surface area contributed by atoms with Crippen molar-refractivity contribution in [1.29, 1.82) is 0 Å². The zero-order valence-electron chi connectivity index (χ0n) is 14.5. The van der Waals surface area contributed by atoms with Crippen molar-refractivity contribution in [3.05, 3.63) is 45.4 Å². The molecule has 0 aliphatic rings. The molecule has 26 heavy (non-hydrogen) atoms. The van der Waals surface area contributed by atoms with Gasteiger partial charge in [-0.1, -0.05) is 17.4 Å². The van der Waals surface area contributed by atoms with Gasteiger partial charge in [0, 0.05) is 31.1 Å². The van der Waals surface area contributed by atoms with Crippen molar-refractivity contribution in [3.63, 3.8) is 0 Å². The van der Waals surface area contributed by atoms with Gasteiger partial charge in [0.15, 0.2) is 4.80 Å². The fraction of sp³-hybridized carbons (Fsp3) is 0.278. The third-order valence-corrected chi connectivity index (χ3v) is 5.57. The molecule has 0 aliphatic carbocycles. The Morgan fingerprint density at radius 1 is 1.31 bits per heavy atom. The molecule has 0 aliphatic heterocycles. The number of rotatable bonds is 6. The normalized spacial score (nSPS) is 11.8. The van der Waals surface area contributed by atoms with Crippen LogP contribution in [-0.2, 0) is 27.3 Å². The molecule has 1 N–H and O–H groups in total. The van der Waals surface area contributed by atoms with Crippen LogP contribution in [0, 0.1) is 0 Å². The highest BCUT2D eigenvalue weighted by Crippen LogP contribution is 2.22. The number of nitrogens with zero attached hydrogens (tertiary/aromatic N) is 2. The Morgan fingerprint density at radius 3 is 2.85 bits per heavy atom. The molecule has 136 valence electrons. The van der Waals surface area contributed by atoms with Crippen LogP contribution in [0.25, 0.3) is 10.2 Å². The number of hydrogen-bond donors (Lipinski definition) is 1. The fourth-order valence-electron chi connectivity index (χ4n) is 2.55. The van der Waals surface area contributed by atoms with Crippen molar-refractivity contribution in [2.75, 3.05) is 19.0 Å². The number of ether oxygens (including phenoxy) is 1. The summed E-state index contributed by atoms with van der Waals surface area (Å²) in [7, 11) is 1.64. The van der Waals surface area contributed by atoms with E-state index in [4.69, 9.17) is 4.74 Å². The van der Waals surface area contributed by atoms with Gasteiger partial charge >= 0.3 is 0 Å². The molecule has 1 aromatic carbocycles. The third-order valence-electron chi connectivity index (χ3n) is 3.65. The van der Waals surface area contributed by atoms with Crippen LogP contribution in [0.2, 0.25) is 0 Å². The Kier molecular flexibility index (Phi) is 5.97. The van der Waals surface area contributed by atoms with Crippen LogP contribution in [-0.4, -0.2) is 30.1 Å². The first-order valence-electron chi connectivity index (χ1n) is 8.06. The van der Waals surface area contributed by atoms with Gasteiger partial charge in [-0.25, -0.2) is 0 Å². The number of methoxy groups -OCH3 is 1. The molecular formula is C18H19N3O3S2. The van der Waals surface area contributed by atoms with Crippen molar-refractivity contribution < 1.29 is 14.3 Å². The molecule has 0 saturated carbocycles. The molecule has 2 aromatic heterocycles. The number of benzene rings is 1. The van der Waals surface area contributed by atoms with E-state index in [0.717, 1.165) is 20.8 Å². The average Bonchev–Trinajstić information content (AvgIpc) is 3.19. The van der Waals surface area contributed by atoms with Crippen LogP contribution in [0.4, 0.5) is 5.69 Å². The topological polar surface area (TPSA) is 72.7 Å². The van der Waals surface area contributed by atoms with Gasteiger partial charge in [-0.3, -0.25) is 9.59 Å². The lowest BCUT2D eigenvalue weighted by Crippen LogP contribution is -2.19. The van der Waals surface area contributed by atoms with Crippen LogP contribution in [0.15, 0.2) is 40.7 Å². The van der Waals surface area contributed by atoms with Crippen LogP contribution in [0.3, 0.4) is 0 Å². The molecule has 6 nitrogen and oxygen atoms in total. The van der Waals surface area contributed by atoms with E-state index >= 15 is 0 Å². The van der Waals surface area contributed by atoms with Gasteiger partial charge in [0.2, 0.25) is 5.91 Å². The highest BCUT2D eigenvalue weighted by molar-refractivity contribution is 7.16. The maximum atomic E-state index is 12.3. The van der Waals surface area contributed by atoms with E-state index in [-0.39, 0.29) is 11.8 Å². The second-order valence-electron chi connectivity index (χ2n) is 5.65. The molecule has 3 rings (SSSR count). The fourth-order valence-corrected chi connectivity index (χ4v) is 4.36. The summed E-state index contributed by atoms with van der Waals surface area (Å²) in [5.74, 6) is -0.295. The van der Waals surface area contributed by atoms with E-state index in [9.17, 15) is 9.59 Å². The van der Waals surface area contributed by atoms with Gasteiger partial charge in [0.1, 0.15) is 0 Å². The monoisotopic (exact) mass is 389 g/mol. The molecule has 0 spiro atoms. The lowest BCUT2D eigenvalue weighted by Gasteiger charge is -2.05. The number of thiophene rings is 1. The number of thiazole rings is 1. The molecule has 0 atom stereocenters. The van der Waals surface area contributed by atoms with Gasteiger partial charge in [-0.15, -0.1) is 11.3 Å². The zero-order valence-corrected chi connectivity index (χ0v) is 16.2. The van der Waals surface area contributed by atoms with E-state index in [1.807, 2.05) is 40.3 Å². The summed E-state index contributed by atoms with van der Waals surface area (Å²) in [6, 6.07) is 9.52. The minimum Gasteiger partial charge on any atom is -0.383 e. The van der Waals surface area contributed by atoms with Gasteiger partial charge < -0.3 is 14.6 Å². The Labute approximate surface area is 158 Å². The van der Waals surface area contributed by atoms with Crippen LogP contribution < -0.4 is 10.1 Å². The van der Waals surface area contributed by atoms with Gasteiger partial charge in [0.05, 0.1) is 23.2 Å². The number of carbonyl (C=O) groups is 2. The minimum absolute atomic E-state index is 0.121. The van der Waals surface area contributed by atoms with Crippen molar-refractivity contribution in [3.8, 4) is 0 Å². The van der Waals surface area contributed by atoms with E-state index < -0.39 is 0 Å². The Bertz CT molecular complexity index is 987. The highest BCUT2D eigenvalue weighted by Gasteiger charge is 2.10. The Balaban J connectivity index is 1.99. The summed E-state index contributed by atoms with van der Waals surface area (Å²) in [6.45, 7) is 2.59. The summed E-state index contributed by atoms with van der Waals surface area (Å²) in [6.07, 6.45) is 0.299. The number of anilines is 1. The van der Waals surface area contributed by atoms with Crippen molar-refractivity contribution in [2.45, 2.75) is 19.9 Å². The lowest BCUT2D eigenvalue weighted by molar-refractivity contribution is -0.117. The second kappa shape index (κ2) is 8.39. The second-order valence-corrected chi connectivity index (χ2v) is 7.70. The van der Waals surface area contributed by atoms with Crippen molar-refractivity contribution in [2.24, 2.45) is 4.99 Å². The quantitative estimate of drug-likeness (QED) is 0.704. The largest absolute Gasteiger partial charge is 0.383 e. The number of amides is 2. The summed E-state index contributed by atoms with van der Waals surface area (Å²) in [5, 5.41) is 4.73. The van der Waals surface area contributed by atoms with Crippen molar-refractivity contribution in [1.82, 2.24) is 4.57 Å². The van der Waals surface area contributed by atoms with Crippen LogP contribution in [0.5, 0.6) is 0 Å². The number of hydrogen-bond acceptors (Lipinski definition) is 5. The lowest BCUT2D eigenvalue weighted by atomic mass is 10.3. The number of aromatic nitrogens is 1. The van der Waals surface area contributed by atoms with Crippen molar-refractivity contribution >= 4 is 50.4 Å². The molecule has 2 heterocycles. The Morgan fingerprint density at radius 2 is 2.15 bits per heavy atom. The summed E-state index contributed by atoms with van der Waals surface area (Å²) >= 11 is 2.98. The molecule has 8 heteroatoms. The molecule has 0 fully saturated rings. The molecule has 0 unspecified atom stereocenters. The molecule has 3 aromatic rings. The summed E-state index contributed by atoms with van der Waals surface area (Å²) in [5.41, 5.74) is 1.69. The number of nitrogens with one attached hydrogen (secondary N) is 1. The highest BCUT2D eigenvalue weighted by atomic mass is 32.1. The predicted octanol–water partition coefficient (Wildman–Crippen LogP) is 3.04. The summed E-state index contributed by atoms with van der Waals surface area (Å²) < 4.78 is 8.12. The number of fused-ring (bicyclic) bond motifs is 1. The first kappa shape index (κ1) is 18.5. The Hall–Kier alpha value is -2.29. The zero-order chi connectivity index (χ0) is 18.5. The molecule has 2 amide bonds. The van der Waals surface area contributed by atoms with Gasteiger partial charge in [-0.2, -0.15) is 4.99 Å². The van der Waals surface area contributed by atoms with E-state index in [0.29, 0.717) is 24.4 Å². The van der Waals surface area contributed by atoms with Gasteiger partial charge in [-0.05, 0) is 29.6 Å². The predicted molar refractivity (Wildman–Crippen MR) is 105 cm³/mol. The molecular weight excluding hydrogens is 370 g/mol. The standard InChI is InChI=1S/C18H19N3O3S2/c1-12(22)19-13-5-6-15-16(10-13)26-18(21(15)7-8-24-2)20-17(23)11-14-4-3-9-25-14/h3-6,9-10H,7-8,11H2,1-2H3,(H,19,22). The maximum absolute atomic E-state index is 12.3. The molecule has 0 radical (unpaired) electrons. The molecule has 0 bridgehead atoms. The van der Waals surface area contributed by atoms with E-state index in [2.05, 4.69) is 10.3 Å². The maximum Gasteiger partial charge on any atom is 0.253 e.